The molecule has 0 saturated heterocycles. The van der Waals surface area contributed by atoms with Crippen LogP contribution in [0.2, 0.25) is 0 Å². The highest BCUT2D eigenvalue weighted by molar-refractivity contribution is 7.91. The summed E-state index contributed by atoms with van der Waals surface area (Å²) in [4.78, 5) is 8.06. The van der Waals surface area contributed by atoms with Crippen molar-refractivity contribution >= 4 is 9.84 Å². The summed E-state index contributed by atoms with van der Waals surface area (Å²) >= 11 is 0. The summed E-state index contributed by atoms with van der Waals surface area (Å²) in [6, 6.07) is 1.44. The van der Waals surface area contributed by atoms with Crippen molar-refractivity contribution in [2.45, 2.75) is 25.8 Å². The lowest BCUT2D eigenvalue weighted by Crippen LogP contribution is -2.16. The molecule has 0 radical (unpaired) electrons. The van der Waals surface area contributed by atoms with E-state index in [4.69, 9.17) is 5.73 Å². The highest BCUT2D eigenvalue weighted by atomic mass is 32.2. The Morgan fingerprint density at radius 2 is 2.00 bits per heavy atom. The molecule has 0 fully saturated rings. The normalized spacial score (nSPS) is 13.6. The van der Waals surface area contributed by atoms with E-state index in [0.29, 0.717) is 18.7 Å². The van der Waals surface area contributed by atoms with Crippen LogP contribution in [0.1, 0.15) is 31.6 Å². The molecule has 1 heterocycles. The number of hydrogen-bond donors (Lipinski definition) is 1. The third-order valence-electron chi connectivity index (χ3n) is 2.33. The van der Waals surface area contributed by atoms with E-state index in [1.807, 2.05) is 0 Å². The van der Waals surface area contributed by atoms with Gasteiger partial charge in [0, 0.05) is 18.1 Å². The Kier molecular flexibility index (Phi) is 4.82. The maximum Gasteiger partial charge on any atom is 0.150 e. The Morgan fingerprint density at radius 3 is 2.56 bits per heavy atom. The molecule has 1 rings (SSSR count). The van der Waals surface area contributed by atoms with Gasteiger partial charge >= 0.3 is 0 Å². The first-order valence-corrected chi connectivity index (χ1v) is 7.10. The van der Waals surface area contributed by atoms with E-state index in [-0.39, 0.29) is 17.5 Å². The number of nitrogens with zero attached hydrogens (tertiary/aromatic N) is 2. The van der Waals surface area contributed by atoms with Crippen LogP contribution in [-0.2, 0) is 9.84 Å². The lowest BCUT2D eigenvalue weighted by Gasteiger charge is -2.09. The minimum absolute atomic E-state index is 0.185. The molecule has 0 aromatic carbocycles. The zero-order valence-electron chi connectivity index (χ0n) is 9.33. The van der Waals surface area contributed by atoms with E-state index in [1.165, 1.54) is 0 Å². The number of rotatable bonds is 6. The van der Waals surface area contributed by atoms with Crippen molar-refractivity contribution in [2.75, 3.05) is 11.5 Å². The molecule has 1 aromatic heterocycles. The van der Waals surface area contributed by atoms with Crippen molar-refractivity contribution in [2.24, 2.45) is 5.73 Å². The molecule has 0 bridgehead atoms. The standard InChI is InChI=1S/C10H17N3O2S/c1-2-16(14,15)8-3-5-9(11)10-12-6-4-7-13-10/h4,6-7,9H,2-3,5,8,11H2,1H3. The summed E-state index contributed by atoms with van der Waals surface area (Å²) in [6.45, 7) is 1.65. The first kappa shape index (κ1) is 13.1. The molecular weight excluding hydrogens is 226 g/mol. The van der Waals surface area contributed by atoms with Crippen LogP contribution in [0, 0.1) is 0 Å². The maximum atomic E-state index is 11.2. The van der Waals surface area contributed by atoms with Gasteiger partial charge in [-0.25, -0.2) is 18.4 Å². The van der Waals surface area contributed by atoms with E-state index < -0.39 is 9.84 Å². The Hall–Kier alpha value is -1.01. The van der Waals surface area contributed by atoms with E-state index >= 15 is 0 Å². The third-order valence-corrected chi connectivity index (χ3v) is 4.12. The zero-order valence-corrected chi connectivity index (χ0v) is 10.2. The van der Waals surface area contributed by atoms with Gasteiger partial charge in [0.05, 0.1) is 11.8 Å². The van der Waals surface area contributed by atoms with Gasteiger partial charge in [-0.3, -0.25) is 0 Å². The topological polar surface area (TPSA) is 85.9 Å². The fourth-order valence-electron chi connectivity index (χ4n) is 1.30. The monoisotopic (exact) mass is 243 g/mol. The Labute approximate surface area is 96.0 Å². The van der Waals surface area contributed by atoms with Gasteiger partial charge < -0.3 is 5.73 Å². The highest BCUT2D eigenvalue weighted by Crippen LogP contribution is 2.11. The molecule has 0 amide bonds. The molecule has 1 unspecified atom stereocenters. The minimum Gasteiger partial charge on any atom is -0.321 e. The Morgan fingerprint density at radius 1 is 1.38 bits per heavy atom. The molecule has 0 aliphatic rings. The fourth-order valence-corrected chi connectivity index (χ4v) is 2.19. The van der Waals surface area contributed by atoms with E-state index in [9.17, 15) is 8.42 Å². The van der Waals surface area contributed by atoms with Crippen LogP contribution in [0.25, 0.3) is 0 Å². The van der Waals surface area contributed by atoms with Gasteiger partial charge in [-0.1, -0.05) is 6.92 Å². The summed E-state index contributed by atoms with van der Waals surface area (Å²) < 4.78 is 22.5. The largest absolute Gasteiger partial charge is 0.321 e. The molecule has 0 aliphatic carbocycles. The summed E-state index contributed by atoms with van der Waals surface area (Å²) in [6.07, 6.45) is 4.40. The molecule has 6 heteroatoms. The first-order valence-electron chi connectivity index (χ1n) is 5.28. The van der Waals surface area contributed by atoms with E-state index in [1.54, 1.807) is 25.4 Å². The molecule has 1 aromatic rings. The summed E-state index contributed by atoms with van der Waals surface area (Å²) in [5.74, 6) is 0.935. The first-order chi connectivity index (χ1) is 7.55. The van der Waals surface area contributed by atoms with Gasteiger partial charge in [0.2, 0.25) is 0 Å². The van der Waals surface area contributed by atoms with Gasteiger partial charge in [-0.15, -0.1) is 0 Å². The summed E-state index contributed by atoms with van der Waals surface area (Å²) in [7, 11) is -2.89. The highest BCUT2D eigenvalue weighted by Gasteiger charge is 2.11. The van der Waals surface area contributed by atoms with Gasteiger partial charge in [-0.05, 0) is 18.9 Å². The van der Waals surface area contributed by atoms with Crippen LogP contribution in [-0.4, -0.2) is 29.9 Å². The predicted octanol–water partition coefficient (Wildman–Crippen LogP) is 0.691. The molecule has 2 N–H and O–H groups in total. The quantitative estimate of drug-likeness (QED) is 0.794. The minimum atomic E-state index is -2.89. The van der Waals surface area contributed by atoms with Crippen molar-refractivity contribution in [1.29, 1.82) is 0 Å². The molecule has 0 aliphatic heterocycles. The molecule has 0 saturated carbocycles. The molecular formula is C10H17N3O2S. The fraction of sp³-hybridized carbons (Fsp3) is 0.600. The zero-order chi connectivity index (χ0) is 12.0. The van der Waals surface area contributed by atoms with Crippen LogP contribution in [0.5, 0.6) is 0 Å². The molecule has 16 heavy (non-hydrogen) atoms. The molecule has 0 spiro atoms. The Bertz CT molecular complexity index is 405. The van der Waals surface area contributed by atoms with Crippen LogP contribution in [0.15, 0.2) is 18.5 Å². The third kappa shape index (κ3) is 4.24. The van der Waals surface area contributed by atoms with Gasteiger partial charge in [0.1, 0.15) is 15.7 Å². The second kappa shape index (κ2) is 5.91. The molecule has 1 atom stereocenters. The van der Waals surface area contributed by atoms with Crippen molar-refractivity contribution in [1.82, 2.24) is 9.97 Å². The summed E-state index contributed by atoms with van der Waals surface area (Å²) in [5.41, 5.74) is 5.85. The van der Waals surface area contributed by atoms with Crippen LogP contribution < -0.4 is 5.73 Å². The molecule has 90 valence electrons. The predicted molar refractivity (Wildman–Crippen MR) is 62.5 cm³/mol. The number of hydrogen-bond acceptors (Lipinski definition) is 5. The van der Waals surface area contributed by atoms with Gasteiger partial charge in [0.15, 0.2) is 0 Å². The lowest BCUT2D eigenvalue weighted by molar-refractivity contribution is 0.574. The van der Waals surface area contributed by atoms with Crippen molar-refractivity contribution < 1.29 is 8.42 Å². The van der Waals surface area contributed by atoms with Gasteiger partial charge in [-0.2, -0.15) is 0 Å². The maximum absolute atomic E-state index is 11.2. The van der Waals surface area contributed by atoms with Crippen molar-refractivity contribution in [3.8, 4) is 0 Å². The Balaban J connectivity index is 2.40. The SMILES string of the molecule is CCS(=O)(=O)CCCC(N)c1ncccn1. The second-order valence-corrected chi connectivity index (χ2v) is 6.06. The van der Waals surface area contributed by atoms with Crippen molar-refractivity contribution in [3.63, 3.8) is 0 Å². The van der Waals surface area contributed by atoms with E-state index in [2.05, 4.69) is 9.97 Å². The van der Waals surface area contributed by atoms with Gasteiger partial charge in [0.25, 0.3) is 0 Å². The second-order valence-electron chi connectivity index (χ2n) is 3.59. The summed E-state index contributed by atoms with van der Waals surface area (Å²) in [5, 5.41) is 0. The average molecular weight is 243 g/mol. The number of nitrogens with two attached hydrogens (primary N) is 1. The van der Waals surface area contributed by atoms with Crippen molar-refractivity contribution in [3.05, 3.63) is 24.3 Å². The lowest BCUT2D eigenvalue weighted by atomic mass is 10.2. The molecule has 5 nitrogen and oxygen atoms in total. The number of sulfone groups is 1. The van der Waals surface area contributed by atoms with Crippen LogP contribution in [0.3, 0.4) is 0 Å². The van der Waals surface area contributed by atoms with Crippen LogP contribution >= 0.6 is 0 Å². The smallest absolute Gasteiger partial charge is 0.150 e. The average Bonchev–Trinajstić information content (AvgIpc) is 2.30. The van der Waals surface area contributed by atoms with Crippen LogP contribution in [0.4, 0.5) is 0 Å². The van der Waals surface area contributed by atoms with E-state index in [0.717, 1.165) is 0 Å². The number of aromatic nitrogens is 2.